The van der Waals surface area contributed by atoms with Crippen molar-refractivity contribution in [1.29, 1.82) is 5.26 Å². The zero-order valence-electron chi connectivity index (χ0n) is 17.5. The van der Waals surface area contributed by atoms with Crippen LogP contribution in [0.15, 0.2) is 24.3 Å². The molecule has 4 rings (SSSR count). The highest BCUT2D eigenvalue weighted by Gasteiger charge is 2.39. The molecule has 0 bridgehead atoms. The van der Waals surface area contributed by atoms with Crippen LogP contribution in [0, 0.1) is 52.6 Å². The molecule has 4 unspecified atom stereocenters. The first-order chi connectivity index (χ1) is 14.1. The van der Waals surface area contributed by atoms with Gasteiger partial charge in [0.25, 0.3) is 0 Å². The fraction of sp³-hybridized carbons (Fsp3) is 0.654. The van der Waals surface area contributed by atoms with Gasteiger partial charge < -0.3 is 0 Å². The van der Waals surface area contributed by atoms with E-state index in [1.54, 1.807) is 6.07 Å². The number of allylic oxidation sites excluding steroid dienone is 2. The van der Waals surface area contributed by atoms with Crippen LogP contribution in [0.3, 0.4) is 0 Å². The predicted molar refractivity (Wildman–Crippen MR) is 112 cm³/mol. The van der Waals surface area contributed by atoms with E-state index in [1.165, 1.54) is 63.5 Å². The van der Waals surface area contributed by atoms with Crippen molar-refractivity contribution >= 4 is 0 Å². The fourth-order valence-electron chi connectivity index (χ4n) is 6.67. The van der Waals surface area contributed by atoms with Gasteiger partial charge in [0.15, 0.2) is 0 Å². The predicted octanol–water partition coefficient (Wildman–Crippen LogP) is 7.52. The zero-order valence-corrected chi connectivity index (χ0v) is 17.5. The van der Waals surface area contributed by atoms with Gasteiger partial charge >= 0.3 is 0 Å². The normalized spacial score (nSPS) is 35.2. The summed E-state index contributed by atoms with van der Waals surface area (Å²) in [7, 11) is 0. The van der Waals surface area contributed by atoms with Crippen molar-refractivity contribution in [3.63, 3.8) is 0 Å². The topological polar surface area (TPSA) is 23.8 Å². The lowest BCUT2D eigenvalue weighted by Gasteiger charge is -2.45. The summed E-state index contributed by atoms with van der Waals surface area (Å²) in [5.74, 6) is 2.93. The SMILES string of the molecule is C/C=C/C1CCC(C2CCC3CC(c4cc(F)c(C#N)c(F)c4)CCC3C2)CC1. The average Bonchev–Trinajstić information content (AvgIpc) is 2.73. The standard InChI is InChI=1S/C26H33F2N/c1-2-3-17-4-6-18(7-5-17)19-8-9-21-13-22(11-10-20(21)12-19)23-14-25(27)24(16-29)26(28)15-23/h2-3,14-15,17-22H,4-13H2,1H3/b3-2+. The summed E-state index contributed by atoms with van der Waals surface area (Å²) in [5.41, 5.74) is 0.300. The van der Waals surface area contributed by atoms with E-state index in [9.17, 15) is 8.78 Å². The van der Waals surface area contributed by atoms with Crippen LogP contribution in [-0.4, -0.2) is 0 Å². The molecule has 4 atom stereocenters. The zero-order chi connectivity index (χ0) is 20.4. The quantitative estimate of drug-likeness (QED) is 0.484. The van der Waals surface area contributed by atoms with Crippen LogP contribution in [0.25, 0.3) is 0 Å². The smallest absolute Gasteiger partial charge is 0.144 e. The van der Waals surface area contributed by atoms with E-state index in [-0.39, 0.29) is 5.92 Å². The molecule has 3 heteroatoms. The molecule has 0 heterocycles. The third-order valence-electron chi connectivity index (χ3n) is 8.25. The Morgan fingerprint density at radius 1 is 0.828 bits per heavy atom. The van der Waals surface area contributed by atoms with Gasteiger partial charge in [-0.3, -0.25) is 0 Å². The van der Waals surface area contributed by atoms with E-state index >= 15 is 0 Å². The Morgan fingerprint density at radius 3 is 2.00 bits per heavy atom. The molecule has 0 aromatic heterocycles. The van der Waals surface area contributed by atoms with Crippen LogP contribution in [-0.2, 0) is 0 Å². The average molecular weight is 398 g/mol. The van der Waals surface area contributed by atoms with Crippen molar-refractivity contribution in [2.24, 2.45) is 29.6 Å². The van der Waals surface area contributed by atoms with Crippen LogP contribution in [0.1, 0.15) is 88.2 Å². The first-order valence-electron chi connectivity index (χ1n) is 11.6. The highest BCUT2D eigenvalue weighted by molar-refractivity contribution is 5.36. The number of rotatable bonds is 3. The van der Waals surface area contributed by atoms with Crippen molar-refractivity contribution in [2.75, 3.05) is 0 Å². The number of fused-ring (bicyclic) bond motifs is 1. The number of nitriles is 1. The molecule has 1 nitrogen and oxygen atoms in total. The second-order valence-corrected chi connectivity index (χ2v) is 9.78. The van der Waals surface area contributed by atoms with Crippen LogP contribution in [0.2, 0.25) is 0 Å². The van der Waals surface area contributed by atoms with Gasteiger partial charge in [0.05, 0.1) is 0 Å². The summed E-state index contributed by atoms with van der Waals surface area (Å²) in [6.45, 7) is 2.13. The Kier molecular flexibility index (Phi) is 6.38. The molecule has 1 aromatic rings. The van der Waals surface area contributed by atoms with Crippen LogP contribution in [0.4, 0.5) is 8.78 Å². The van der Waals surface area contributed by atoms with E-state index < -0.39 is 17.2 Å². The summed E-state index contributed by atoms with van der Waals surface area (Å²) in [6, 6.07) is 4.44. The molecule has 3 fully saturated rings. The maximum absolute atomic E-state index is 14.1. The number of nitrogens with zero attached hydrogens (tertiary/aromatic N) is 1. The lowest BCUT2D eigenvalue weighted by Crippen LogP contribution is -2.34. The van der Waals surface area contributed by atoms with Crippen molar-refractivity contribution < 1.29 is 8.78 Å². The second kappa shape index (κ2) is 8.99. The summed E-state index contributed by atoms with van der Waals surface area (Å²) in [6.07, 6.45) is 17.3. The van der Waals surface area contributed by atoms with Crippen molar-refractivity contribution in [3.8, 4) is 6.07 Å². The van der Waals surface area contributed by atoms with Gasteiger partial charge in [-0.05, 0) is 124 Å². The molecular weight excluding hydrogens is 364 g/mol. The molecule has 0 radical (unpaired) electrons. The van der Waals surface area contributed by atoms with Gasteiger partial charge in [-0.25, -0.2) is 8.78 Å². The van der Waals surface area contributed by atoms with Crippen LogP contribution >= 0.6 is 0 Å². The molecule has 3 saturated carbocycles. The number of halogens is 2. The Hall–Kier alpha value is -1.69. The maximum atomic E-state index is 14.1. The van der Waals surface area contributed by atoms with Crippen molar-refractivity contribution in [3.05, 3.63) is 47.0 Å². The highest BCUT2D eigenvalue weighted by atomic mass is 19.1. The van der Waals surface area contributed by atoms with Crippen LogP contribution < -0.4 is 0 Å². The van der Waals surface area contributed by atoms with Gasteiger partial charge in [0.2, 0.25) is 0 Å². The van der Waals surface area contributed by atoms with E-state index in [4.69, 9.17) is 5.26 Å². The van der Waals surface area contributed by atoms with Gasteiger partial charge in [-0.2, -0.15) is 5.26 Å². The summed E-state index contributed by atoms with van der Waals surface area (Å²) < 4.78 is 28.1. The highest BCUT2D eigenvalue weighted by Crippen LogP contribution is 2.51. The molecule has 156 valence electrons. The molecular formula is C26H33F2N. The van der Waals surface area contributed by atoms with Crippen LogP contribution in [0.5, 0.6) is 0 Å². The molecule has 0 amide bonds. The Bertz CT molecular complexity index is 761. The first-order valence-corrected chi connectivity index (χ1v) is 11.6. The molecule has 1 aromatic carbocycles. The van der Waals surface area contributed by atoms with Gasteiger partial charge in [-0.15, -0.1) is 0 Å². The van der Waals surface area contributed by atoms with E-state index in [2.05, 4.69) is 19.1 Å². The van der Waals surface area contributed by atoms with Crippen molar-refractivity contribution in [1.82, 2.24) is 0 Å². The third-order valence-corrected chi connectivity index (χ3v) is 8.25. The molecule has 0 saturated heterocycles. The Balaban J connectivity index is 1.35. The monoisotopic (exact) mass is 397 g/mol. The molecule has 0 N–H and O–H groups in total. The molecule has 3 aliphatic carbocycles. The molecule has 0 spiro atoms. The largest absolute Gasteiger partial charge is 0.205 e. The maximum Gasteiger partial charge on any atom is 0.144 e. The minimum absolute atomic E-state index is 0.237. The summed E-state index contributed by atoms with van der Waals surface area (Å²) in [4.78, 5) is 0. The lowest BCUT2D eigenvalue weighted by molar-refractivity contribution is 0.0747. The van der Waals surface area contributed by atoms with Gasteiger partial charge in [0.1, 0.15) is 23.3 Å². The van der Waals surface area contributed by atoms with Crippen molar-refractivity contribution in [2.45, 2.75) is 77.0 Å². The first kappa shape index (κ1) is 20.6. The van der Waals surface area contributed by atoms with E-state index in [1.807, 2.05) is 0 Å². The fourth-order valence-corrected chi connectivity index (χ4v) is 6.67. The third kappa shape index (κ3) is 4.42. The molecule has 29 heavy (non-hydrogen) atoms. The summed E-state index contributed by atoms with van der Waals surface area (Å²) >= 11 is 0. The Labute approximate surface area is 174 Å². The van der Waals surface area contributed by atoms with Gasteiger partial charge in [-0.1, -0.05) is 12.2 Å². The number of hydrogen-bond acceptors (Lipinski definition) is 1. The lowest BCUT2D eigenvalue weighted by atomic mass is 9.60. The van der Waals surface area contributed by atoms with E-state index in [0.29, 0.717) is 5.92 Å². The summed E-state index contributed by atoms with van der Waals surface area (Å²) in [5, 5.41) is 8.90. The van der Waals surface area contributed by atoms with E-state index in [0.717, 1.165) is 42.1 Å². The second-order valence-electron chi connectivity index (χ2n) is 9.78. The number of benzene rings is 1. The number of hydrogen-bond donors (Lipinski definition) is 0. The Morgan fingerprint density at radius 2 is 1.38 bits per heavy atom. The minimum atomic E-state index is -0.707. The minimum Gasteiger partial charge on any atom is -0.205 e. The van der Waals surface area contributed by atoms with Gasteiger partial charge in [0, 0.05) is 0 Å². The molecule has 3 aliphatic rings. The molecule has 0 aliphatic heterocycles.